The molecule has 1 aromatic heterocycles. The molecule has 24 heavy (non-hydrogen) atoms. The van der Waals surface area contributed by atoms with Gasteiger partial charge in [0, 0.05) is 19.2 Å². The van der Waals surface area contributed by atoms with Crippen LogP contribution in [0, 0.1) is 5.41 Å². The van der Waals surface area contributed by atoms with Crippen molar-refractivity contribution >= 4 is 17.2 Å². The van der Waals surface area contributed by atoms with Crippen molar-refractivity contribution in [2.45, 2.75) is 58.0 Å². The molecule has 134 valence electrons. The van der Waals surface area contributed by atoms with E-state index in [2.05, 4.69) is 34.0 Å². The van der Waals surface area contributed by atoms with E-state index in [0.717, 1.165) is 26.1 Å². The highest BCUT2D eigenvalue weighted by Gasteiger charge is 2.57. The highest BCUT2D eigenvalue weighted by molar-refractivity contribution is 7.07. The molecule has 1 aliphatic heterocycles. The van der Waals surface area contributed by atoms with Gasteiger partial charge in [0.1, 0.15) is 6.61 Å². The number of ether oxygens (including phenoxy) is 1. The van der Waals surface area contributed by atoms with Crippen LogP contribution in [0.25, 0.3) is 0 Å². The van der Waals surface area contributed by atoms with E-state index < -0.39 is 0 Å². The van der Waals surface area contributed by atoms with E-state index in [1.807, 2.05) is 0 Å². The van der Waals surface area contributed by atoms with Gasteiger partial charge in [-0.1, -0.05) is 19.8 Å². The molecule has 0 bridgehead atoms. The molecule has 4 nitrogen and oxygen atoms in total. The maximum Gasteiger partial charge on any atom is 0.249 e. The van der Waals surface area contributed by atoms with E-state index in [4.69, 9.17) is 4.74 Å². The van der Waals surface area contributed by atoms with Crippen molar-refractivity contribution in [1.29, 1.82) is 0 Å². The molecule has 3 rings (SSSR count). The molecular formula is C19H30N2O2S. The SMILES string of the molecule is CCCCCOCC(=O)N(Cc1ccsc1)C1CC12CCNCC2. The number of thiophene rings is 1. The molecule has 0 aromatic carbocycles. The molecule has 1 aliphatic carbocycles. The number of hydrogen-bond acceptors (Lipinski definition) is 4. The minimum atomic E-state index is 0.165. The van der Waals surface area contributed by atoms with Gasteiger partial charge in [0.2, 0.25) is 5.91 Å². The van der Waals surface area contributed by atoms with Gasteiger partial charge in [-0.05, 0) is 66.6 Å². The van der Waals surface area contributed by atoms with Crippen molar-refractivity contribution < 1.29 is 9.53 Å². The number of piperidine rings is 1. The summed E-state index contributed by atoms with van der Waals surface area (Å²) in [4.78, 5) is 14.9. The second kappa shape index (κ2) is 8.45. The van der Waals surface area contributed by atoms with Gasteiger partial charge < -0.3 is 15.0 Å². The zero-order chi connectivity index (χ0) is 16.8. The monoisotopic (exact) mass is 350 g/mol. The normalized spacial score (nSPS) is 21.8. The summed E-state index contributed by atoms with van der Waals surface area (Å²) in [6, 6.07) is 2.54. The Labute approximate surface area is 149 Å². The molecule has 1 saturated heterocycles. The lowest BCUT2D eigenvalue weighted by atomic mass is 9.93. The first kappa shape index (κ1) is 17.9. The second-order valence-electron chi connectivity index (χ2n) is 7.25. The number of hydrogen-bond donors (Lipinski definition) is 1. The third-order valence-electron chi connectivity index (χ3n) is 5.49. The Morgan fingerprint density at radius 2 is 2.25 bits per heavy atom. The summed E-state index contributed by atoms with van der Waals surface area (Å²) < 4.78 is 5.65. The number of carbonyl (C=O) groups is 1. The topological polar surface area (TPSA) is 41.6 Å². The summed E-state index contributed by atoms with van der Waals surface area (Å²) in [5.41, 5.74) is 1.62. The van der Waals surface area contributed by atoms with Crippen molar-refractivity contribution in [2.24, 2.45) is 5.41 Å². The summed E-state index contributed by atoms with van der Waals surface area (Å²) in [5.74, 6) is 0.165. The highest BCUT2D eigenvalue weighted by Crippen LogP contribution is 2.56. The number of nitrogens with zero attached hydrogens (tertiary/aromatic N) is 1. The summed E-state index contributed by atoms with van der Waals surface area (Å²) in [5, 5.41) is 7.68. The van der Waals surface area contributed by atoms with Crippen LogP contribution in [0.1, 0.15) is 51.0 Å². The fourth-order valence-electron chi connectivity index (χ4n) is 3.88. The lowest BCUT2D eigenvalue weighted by Crippen LogP contribution is -2.40. The van der Waals surface area contributed by atoms with E-state index in [1.54, 1.807) is 11.3 Å². The van der Waals surface area contributed by atoms with Crippen molar-refractivity contribution in [2.75, 3.05) is 26.3 Å². The summed E-state index contributed by atoms with van der Waals surface area (Å²) in [7, 11) is 0. The molecular weight excluding hydrogens is 320 g/mol. The van der Waals surface area contributed by atoms with Gasteiger partial charge in [-0.15, -0.1) is 0 Å². The Morgan fingerprint density at radius 1 is 1.42 bits per heavy atom. The predicted octanol–water partition coefficient (Wildman–Crippen LogP) is 3.43. The smallest absolute Gasteiger partial charge is 0.249 e. The molecule has 1 amide bonds. The molecule has 2 aliphatic rings. The van der Waals surface area contributed by atoms with E-state index >= 15 is 0 Å². The van der Waals surface area contributed by atoms with E-state index in [0.29, 0.717) is 18.1 Å². The number of nitrogens with one attached hydrogen (secondary N) is 1. The van der Waals surface area contributed by atoms with E-state index in [1.165, 1.54) is 37.7 Å². The number of carbonyl (C=O) groups excluding carboxylic acids is 1. The molecule has 2 fully saturated rings. The van der Waals surface area contributed by atoms with Crippen LogP contribution < -0.4 is 5.32 Å². The molecule has 1 N–H and O–H groups in total. The zero-order valence-corrected chi connectivity index (χ0v) is 15.6. The first-order valence-corrected chi connectivity index (χ1v) is 10.3. The fraction of sp³-hybridized carbons (Fsp3) is 0.737. The Kier molecular flexibility index (Phi) is 6.31. The Hall–Kier alpha value is -0.910. The highest BCUT2D eigenvalue weighted by atomic mass is 32.1. The van der Waals surface area contributed by atoms with Crippen LogP contribution in [0.2, 0.25) is 0 Å². The quantitative estimate of drug-likeness (QED) is 0.694. The number of unbranched alkanes of at least 4 members (excludes halogenated alkanes) is 2. The maximum atomic E-state index is 12.8. The van der Waals surface area contributed by atoms with Crippen molar-refractivity contribution in [3.63, 3.8) is 0 Å². The van der Waals surface area contributed by atoms with Gasteiger partial charge in [-0.3, -0.25) is 4.79 Å². The molecule has 1 unspecified atom stereocenters. The molecule has 5 heteroatoms. The van der Waals surface area contributed by atoms with E-state index in [-0.39, 0.29) is 12.5 Å². The van der Waals surface area contributed by atoms with Crippen LogP contribution in [-0.2, 0) is 16.1 Å². The molecule has 0 radical (unpaired) electrons. The number of amides is 1. The van der Waals surface area contributed by atoms with Gasteiger partial charge in [-0.25, -0.2) is 0 Å². The lowest BCUT2D eigenvalue weighted by molar-refractivity contribution is -0.138. The average Bonchev–Trinajstić information content (AvgIpc) is 3.03. The molecule has 2 heterocycles. The van der Waals surface area contributed by atoms with E-state index in [9.17, 15) is 4.79 Å². The molecule has 1 atom stereocenters. The van der Waals surface area contributed by atoms with Gasteiger partial charge in [0.05, 0.1) is 0 Å². The van der Waals surface area contributed by atoms with Gasteiger partial charge in [-0.2, -0.15) is 11.3 Å². The maximum absolute atomic E-state index is 12.8. The van der Waals surface area contributed by atoms with Crippen molar-refractivity contribution in [1.82, 2.24) is 10.2 Å². The minimum absolute atomic E-state index is 0.165. The molecule has 1 aromatic rings. The largest absolute Gasteiger partial charge is 0.372 e. The van der Waals surface area contributed by atoms with Crippen LogP contribution in [0.5, 0.6) is 0 Å². The summed E-state index contributed by atoms with van der Waals surface area (Å²) in [6.45, 7) is 6.03. The average molecular weight is 351 g/mol. The van der Waals surface area contributed by atoms with Gasteiger partial charge in [0.25, 0.3) is 0 Å². The fourth-order valence-corrected chi connectivity index (χ4v) is 4.54. The van der Waals surface area contributed by atoms with Gasteiger partial charge in [0.15, 0.2) is 0 Å². The second-order valence-corrected chi connectivity index (χ2v) is 8.03. The first-order valence-electron chi connectivity index (χ1n) is 9.34. The Morgan fingerprint density at radius 3 is 2.96 bits per heavy atom. The predicted molar refractivity (Wildman–Crippen MR) is 98.2 cm³/mol. The number of rotatable bonds is 9. The molecule has 1 saturated carbocycles. The van der Waals surface area contributed by atoms with Crippen LogP contribution in [0.4, 0.5) is 0 Å². The summed E-state index contributed by atoms with van der Waals surface area (Å²) in [6.07, 6.45) is 6.96. The van der Waals surface area contributed by atoms with Crippen LogP contribution in [0.15, 0.2) is 16.8 Å². The molecule has 1 spiro atoms. The summed E-state index contributed by atoms with van der Waals surface area (Å²) >= 11 is 1.70. The third kappa shape index (κ3) is 4.38. The third-order valence-corrected chi connectivity index (χ3v) is 6.23. The van der Waals surface area contributed by atoms with Crippen molar-refractivity contribution in [3.05, 3.63) is 22.4 Å². The Balaban J connectivity index is 1.57. The van der Waals surface area contributed by atoms with Crippen LogP contribution in [-0.4, -0.2) is 43.2 Å². The standard InChI is InChI=1S/C19H30N2O2S/c1-2-3-4-10-23-14-18(22)21(13-16-5-11-24-15-16)17-12-19(17)6-8-20-9-7-19/h5,11,15,17,20H,2-4,6-10,12-14H2,1H3. The Bertz CT molecular complexity index is 511. The first-order chi connectivity index (χ1) is 11.7. The van der Waals surface area contributed by atoms with Crippen LogP contribution in [0.3, 0.4) is 0 Å². The van der Waals surface area contributed by atoms with Gasteiger partial charge >= 0.3 is 0 Å². The van der Waals surface area contributed by atoms with Crippen LogP contribution >= 0.6 is 11.3 Å². The minimum Gasteiger partial charge on any atom is -0.372 e. The lowest BCUT2D eigenvalue weighted by Gasteiger charge is -2.29. The zero-order valence-electron chi connectivity index (χ0n) is 14.8. The van der Waals surface area contributed by atoms with Crippen molar-refractivity contribution in [3.8, 4) is 0 Å².